The highest BCUT2D eigenvalue weighted by Gasteiger charge is 2.33. The zero-order valence-electron chi connectivity index (χ0n) is 7.77. The number of carbonyl (C=O) groups excluding carboxylic acids is 1. The fourth-order valence-electron chi connectivity index (χ4n) is 1.51. The molecule has 1 heterocycles. The molecule has 0 radical (unpaired) electrons. The van der Waals surface area contributed by atoms with Gasteiger partial charge in [0.2, 0.25) is 0 Å². The summed E-state index contributed by atoms with van der Waals surface area (Å²) >= 11 is 0. The lowest BCUT2D eigenvalue weighted by Gasteiger charge is -2.10. The third kappa shape index (κ3) is 2.76. The van der Waals surface area contributed by atoms with Gasteiger partial charge in [0.25, 0.3) is 0 Å². The van der Waals surface area contributed by atoms with E-state index in [1.54, 1.807) is 6.92 Å². The van der Waals surface area contributed by atoms with Crippen LogP contribution in [0.4, 0.5) is 0 Å². The summed E-state index contributed by atoms with van der Waals surface area (Å²) in [4.78, 5) is 11.0. The number of aliphatic hydroxyl groups excluding tert-OH is 2. The first-order chi connectivity index (χ1) is 6.17. The first-order valence-electron chi connectivity index (χ1n) is 4.63. The number of aliphatic hydroxyl groups is 2. The van der Waals surface area contributed by atoms with Crippen LogP contribution in [0.2, 0.25) is 0 Å². The van der Waals surface area contributed by atoms with E-state index in [2.05, 4.69) is 0 Å². The van der Waals surface area contributed by atoms with Crippen molar-refractivity contribution in [1.29, 1.82) is 0 Å². The number of Topliss-reactive ketones (excluding diaryl/α,β-unsaturated/α-hetero) is 1. The third-order valence-electron chi connectivity index (χ3n) is 2.33. The molecule has 1 saturated heterocycles. The zero-order valence-corrected chi connectivity index (χ0v) is 7.77. The van der Waals surface area contributed by atoms with Crippen molar-refractivity contribution < 1.29 is 19.7 Å². The smallest absolute Gasteiger partial charge is 0.135 e. The summed E-state index contributed by atoms with van der Waals surface area (Å²) in [6.07, 6.45) is -0.0326. The van der Waals surface area contributed by atoms with Crippen molar-refractivity contribution in [3.8, 4) is 0 Å². The van der Waals surface area contributed by atoms with Crippen LogP contribution in [-0.2, 0) is 9.53 Å². The SMILES string of the molecule is CCC(=O)CC1C[C@H](O)[C@@H](CO)O1. The molecule has 13 heavy (non-hydrogen) atoms. The van der Waals surface area contributed by atoms with Crippen molar-refractivity contribution in [1.82, 2.24) is 0 Å². The molecule has 1 fully saturated rings. The van der Waals surface area contributed by atoms with Crippen molar-refractivity contribution >= 4 is 5.78 Å². The largest absolute Gasteiger partial charge is 0.394 e. The number of carbonyl (C=O) groups is 1. The molecule has 76 valence electrons. The summed E-state index contributed by atoms with van der Waals surface area (Å²) in [7, 11) is 0. The number of hydrogen-bond acceptors (Lipinski definition) is 4. The van der Waals surface area contributed by atoms with E-state index in [0.29, 0.717) is 19.3 Å². The van der Waals surface area contributed by atoms with Gasteiger partial charge in [-0.15, -0.1) is 0 Å². The van der Waals surface area contributed by atoms with Gasteiger partial charge in [-0.1, -0.05) is 6.92 Å². The summed E-state index contributed by atoms with van der Waals surface area (Å²) in [5.74, 6) is 0.135. The number of ketones is 1. The molecule has 1 unspecified atom stereocenters. The van der Waals surface area contributed by atoms with Crippen LogP contribution in [0.1, 0.15) is 26.2 Å². The molecule has 4 nitrogen and oxygen atoms in total. The molecule has 0 aromatic heterocycles. The van der Waals surface area contributed by atoms with Crippen LogP contribution in [0, 0.1) is 0 Å². The van der Waals surface area contributed by atoms with E-state index in [1.165, 1.54) is 0 Å². The molecule has 1 aliphatic rings. The molecule has 0 aromatic carbocycles. The van der Waals surface area contributed by atoms with Crippen LogP contribution in [0.5, 0.6) is 0 Å². The van der Waals surface area contributed by atoms with Gasteiger partial charge in [-0.3, -0.25) is 4.79 Å². The Labute approximate surface area is 77.5 Å². The first-order valence-corrected chi connectivity index (χ1v) is 4.63. The Hall–Kier alpha value is -0.450. The maximum absolute atomic E-state index is 11.0. The average Bonchev–Trinajstić information content (AvgIpc) is 2.46. The second-order valence-corrected chi connectivity index (χ2v) is 3.38. The fourth-order valence-corrected chi connectivity index (χ4v) is 1.51. The average molecular weight is 188 g/mol. The molecule has 0 spiro atoms. The van der Waals surface area contributed by atoms with Crippen LogP contribution >= 0.6 is 0 Å². The minimum absolute atomic E-state index is 0.135. The van der Waals surface area contributed by atoms with Crippen molar-refractivity contribution in [3.63, 3.8) is 0 Å². The van der Waals surface area contributed by atoms with Gasteiger partial charge in [-0.05, 0) is 0 Å². The van der Waals surface area contributed by atoms with E-state index < -0.39 is 12.2 Å². The lowest BCUT2D eigenvalue weighted by atomic mass is 10.1. The van der Waals surface area contributed by atoms with Crippen LogP contribution < -0.4 is 0 Å². The van der Waals surface area contributed by atoms with Crippen molar-refractivity contribution in [2.75, 3.05) is 6.61 Å². The maximum Gasteiger partial charge on any atom is 0.135 e. The quantitative estimate of drug-likeness (QED) is 0.644. The molecule has 1 rings (SSSR count). The standard InChI is InChI=1S/C9H16O4/c1-2-6(11)3-7-4-8(12)9(5-10)13-7/h7-10,12H,2-5H2,1H3/t7?,8-,9+/m0/s1. The van der Waals surface area contributed by atoms with Crippen LogP contribution in [0.3, 0.4) is 0 Å². The summed E-state index contributed by atoms with van der Waals surface area (Å²) in [5.41, 5.74) is 0. The predicted octanol–water partition coefficient (Wildman–Crippen LogP) is -0.134. The summed E-state index contributed by atoms with van der Waals surface area (Å²) in [6.45, 7) is 1.62. The highest BCUT2D eigenvalue weighted by molar-refractivity contribution is 5.78. The molecule has 0 aliphatic carbocycles. The van der Waals surface area contributed by atoms with E-state index in [0.717, 1.165) is 0 Å². The molecular weight excluding hydrogens is 172 g/mol. The van der Waals surface area contributed by atoms with Gasteiger partial charge in [0.1, 0.15) is 11.9 Å². The molecule has 4 heteroatoms. The first kappa shape index (κ1) is 10.6. The minimum atomic E-state index is -0.625. The highest BCUT2D eigenvalue weighted by atomic mass is 16.5. The van der Waals surface area contributed by atoms with E-state index in [4.69, 9.17) is 9.84 Å². The van der Waals surface area contributed by atoms with Crippen LogP contribution in [0.25, 0.3) is 0 Å². The van der Waals surface area contributed by atoms with E-state index >= 15 is 0 Å². The lowest BCUT2D eigenvalue weighted by molar-refractivity contribution is -0.121. The second-order valence-electron chi connectivity index (χ2n) is 3.38. The van der Waals surface area contributed by atoms with Gasteiger partial charge < -0.3 is 14.9 Å². The Morgan fingerprint density at radius 3 is 2.77 bits per heavy atom. The molecule has 0 amide bonds. The van der Waals surface area contributed by atoms with Crippen LogP contribution in [0.15, 0.2) is 0 Å². The minimum Gasteiger partial charge on any atom is -0.394 e. The van der Waals surface area contributed by atoms with E-state index in [1.807, 2.05) is 0 Å². The monoisotopic (exact) mass is 188 g/mol. The third-order valence-corrected chi connectivity index (χ3v) is 2.33. The fraction of sp³-hybridized carbons (Fsp3) is 0.889. The second kappa shape index (κ2) is 4.69. The van der Waals surface area contributed by atoms with Crippen molar-refractivity contribution in [3.05, 3.63) is 0 Å². The number of rotatable bonds is 4. The van der Waals surface area contributed by atoms with Gasteiger partial charge in [-0.2, -0.15) is 0 Å². The van der Waals surface area contributed by atoms with Crippen molar-refractivity contribution in [2.24, 2.45) is 0 Å². The summed E-state index contributed by atoms with van der Waals surface area (Å²) in [6, 6.07) is 0. The van der Waals surface area contributed by atoms with E-state index in [-0.39, 0.29) is 18.5 Å². The molecule has 2 N–H and O–H groups in total. The van der Waals surface area contributed by atoms with Gasteiger partial charge >= 0.3 is 0 Å². The van der Waals surface area contributed by atoms with Crippen molar-refractivity contribution in [2.45, 2.75) is 44.5 Å². The Morgan fingerprint density at radius 2 is 2.31 bits per heavy atom. The molecule has 0 bridgehead atoms. The lowest BCUT2D eigenvalue weighted by Crippen LogP contribution is -2.24. The Balaban J connectivity index is 2.35. The van der Waals surface area contributed by atoms with Gasteiger partial charge in [0, 0.05) is 19.3 Å². The Morgan fingerprint density at radius 1 is 1.62 bits per heavy atom. The number of ether oxygens (including phenoxy) is 1. The molecule has 0 aromatic rings. The Bertz CT molecular complexity index is 180. The van der Waals surface area contributed by atoms with Gasteiger partial charge in [0.05, 0.1) is 18.8 Å². The maximum atomic E-state index is 11.0. The van der Waals surface area contributed by atoms with E-state index in [9.17, 15) is 9.90 Å². The van der Waals surface area contributed by atoms with Crippen LogP contribution in [-0.4, -0.2) is 40.9 Å². The molecular formula is C9H16O4. The summed E-state index contributed by atoms with van der Waals surface area (Å²) < 4.78 is 5.27. The normalized spacial score (nSPS) is 33.6. The Kier molecular flexibility index (Phi) is 3.84. The topological polar surface area (TPSA) is 66.8 Å². The number of hydrogen-bond donors (Lipinski definition) is 2. The zero-order chi connectivity index (χ0) is 9.84. The van der Waals surface area contributed by atoms with Gasteiger partial charge in [0.15, 0.2) is 0 Å². The van der Waals surface area contributed by atoms with Gasteiger partial charge in [-0.25, -0.2) is 0 Å². The molecule has 1 aliphatic heterocycles. The molecule has 0 saturated carbocycles. The predicted molar refractivity (Wildman–Crippen MR) is 46.3 cm³/mol. The highest BCUT2D eigenvalue weighted by Crippen LogP contribution is 2.22. The molecule has 3 atom stereocenters. The summed E-state index contributed by atoms with van der Waals surface area (Å²) in [5, 5.41) is 18.1.